The Bertz CT molecular complexity index is 291. The molecule has 1 rings (SSSR count). The van der Waals surface area contributed by atoms with Crippen LogP contribution in [-0.4, -0.2) is 24.2 Å². The van der Waals surface area contributed by atoms with Crippen LogP contribution in [0, 0.1) is 0 Å². The maximum Gasteiger partial charge on any atom is 0.0480 e. The highest BCUT2D eigenvalue weighted by molar-refractivity contribution is 5.44. The molecule has 4 N–H and O–H groups in total. The van der Waals surface area contributed by atoms with E-state index >= 15 is 0 Å². The van der Waals surface area contributed by atoms with E-state index in [1.807, 2.05) is 6.92 Å². The summed E-state index contributed by atoms with van der Waals surface area (Å²) in [6.45, 7) is 3.42. The van der Waals surface area contributed by atoms with Crippen LogP contribution in [0.25, 0.3) is 0 Å². The first-order chi connectivity index (χ1) is 7.24. The van der Waals surface area contributed by atoms with E-state index in [4.69, 9.17) is 16.2 Å². The summed E-state index contributed by atoms with van der Waals surface area (Å²) in [6, 6.07) is 1.88. The minimum Gasteiger partial charge on any atom is -0.398 e. The van der Waals surface area contributed by atoms with Gasteiger partial charge in [-0.25, -0.2) is 0 Å². The molecule has 0 aliphatic carbocycles. The summed E-state index contributed by atoms with van der Waals surface area (Å²) in [5.74, 6) is 0. The third-order valence-corrected chi connectivity index (χ3v) is 2.26. The zero-order valence-electron chi connectivity index (χ0n) is 9.15. The Morgan fingerprint density at radius 3 is 3.00 bits per heavy atom. The van der Waals surface area contributed by atoms with Crippen molar-refractivity contribution < 1.29 is 4.74 Å². The number of hydrogen-bond acceptors (Lipinski definition) is 4. The molecule has 1 aromatic heterocycles. The molecular formula is C11H19N3O. The fourth-order valence-corrected chi connectivity index (χ4v) is 1.37. The van der Waals surface area contributed by atoms with Gasteiger partial charge in [0, 0.05) is 37.3 Å². The lowest BCUT2D eigenvalue weighted by atomic mass is 10.1. The van der Waals surface area contributed by atoms with Crippen LogP contribution < -0.4 is 11.5 Å². The maximum absolute atomic E-state index is 5.95. The van der Waals surface area contributed by atoms with Crippen molar-refractivity contribution in [3.05, 3.63) is 24.0 Å². The number of aromatic nitrogens is 1. The summed E-state index contributed by atoms with van der Waals surface area (Å²) in [5.41, 5.74) is 13.5. The number of hydrogen-bond donors (Lipinski definition) is 2. The van der Waals surface area contributed by atoms with Gasteiger partial charge in [-0.05, 0) is 31.4 Å². The lowest BCUT2D eigenvalue weighted by molar-refractivity contribution is 0.140. The second-order valence-corrected chi connectivity index (χ2v) is 3.52. The smallest absolute Gasteiger partial charge is 0.0480 e. The van der Waals surface area contributed by atoms with Gasteiger partial charge in [0.1, 0.15) is 0 Å². The molecule has 0 spiro atoms. The van der Waals surface area contributed by atoms with E-state index in [0.29, 0.717) is 6.61 Å². The average Bonchev–Trinajstić information content (AvgIpc) is 2.22. The number of rotatable bonds is 6. The molecule has 1 aromatic rings. The number of nitrogens with two attached hydrogens (primary N) is 2. The van der Waals surface area contributed by atoms with Gasteiger partial charge >= 0.3 is 0 Å². The highest BCUT2D eigenvalue weighted by atomic mass is 16.5. The minimum absolute atomic E-state index is 0.0862. The minimum atomic E-state index is 0.0862. The van der Waals surface area contributed by atoms with Crippen LogP contribution >= 0.6 is 0 Å². The number of ether oxygens (including phenoxy) is 1. The van der Waals surface area contributed by atoms with Gasteiger partial charge in [0.05, 0.1) is 0 Å². The van der Waals surface area contributed by atoms with Crippen LogP contribution in [0.2, 0.25) is 0 Å². The van der Waals surface area contributed by atoms with Gasteiger partial charge in [0.25, 0.3) is 0 Å². The van der Waals surface area contributed by atoms with Crippen LogP contribution in [0.15, 0.2) is 18.5 Å². The van der Waals surface area contributed by atoms with Crippen molar-refractivity contribution in [2.75, 3.05) is 18.9 Å². The Morgan fingerprint density at radius 2 is 2.33 bits per heavy atom. The van der Waals surface area contributed by atoms with Crippen molar-refractivity contribution in [1.82, 2.24) is 4.98 Å². The maximum atomic E-state index is 5.95. The van der Waals surface area contributed by atoms with Crippen LogP contribution in [0.4, 0.5) is 5.69 Å². The Morgan fingerprint density at radius 1 is 1.53 bits per heavy atom. The van der Waals surface area contributed by atoms with Gasteiger partial charge < -0.3 is 16.2 Å². The van der Waals surface area contributed by atoms with Crippen LogP contribution in [0.3, 0.4) is 0 Å². The fraction of sp³-hybridized carbons (Fsp3) is 0.545. The first-order valence-corrected chi connectivity index (χ1v) is 5.25. The SMILES string of the molecule is CCOCCC(N)Cc1cnccc1N. The molecule has 0 saturated carbocycles. The van der Waals surface area contributed by atoms with E-state index in [0.717, 1.165) is 30.7 Å². The Hall–Kier alpha value is -1.13. The molecule has 1 unspecified atom stereocenters. The molecule has 1 atom stereocenters. The zero-order valence-corrected chi connectivity index (χ0v) is 9.15. The highest BCUT2D eigenvalue weighted by Crippen LogP contribution is 2.11. The van der Waals surface area contributed by atoms with Crippen molar-refractivity contribution in [2.45, 2.75) is 25.8 Å². The predicted octanol–water partition coefficient (Wildman–Crippen LogP) is 0.960. The Kier molecular flexibility index (Phi) is 5.07. The standard InChI is InChI=1S/C11H19N3O/c1-2-15-6-4-10(12)7-9-8-14-5-3-11(9)13/h3,5,8,10H,2,4,6-7,12H2,1H3,(H2,13,14). The predicted molar refractivity (Wildman–Crippen MR) is 61.4 cm³/mol. The normalized spacial score (nSPS) is 12.7. The van der Waals surface area contributed by atoms with E-state index in [1.54, 1.807) is 18.5 Å². The molecule has 15 heavy (non-hydrogen) atoms. The lowest BCUT2D eigenvalue weighted by Crippen LogP contribution is -2.25. The summed E-state index contributed by atoms with van der Waals surface area (Å²) in [7, 11) is 0. The third kappa shape index (κ3) is 4.27. The summed E-state index contributed by atoms with van der Waals surface area (Å²) >= 11 is 0. The summed E-state index contributed by atoms with van der Waals surface area (Å²) in [4.78, 5) is 4.03. The topological polar surface area (TPSA) is 74.2 Å². The first-order valence-electron chi connectivity index (χ1n) is 5.25. The second kappa shape index (κ2) is 6.37. The van der Waals surface area contributed by atoms with Crippen molar-refractivity contribution in [3.63, 3.8) is 0 Å². The van der Waals surface area contributed by atoms with Crippen LogP contribution in [0.5, 0.6) is 0 Å². The molecule has 4 heteroatoms. The number of pyridine rings is 1. The van der Waals surface area contributed by atoms with E-state index in [2.05, 4.69) is 4.98 Å². The molecule has 0 amide bonds. The van der Waals surface area contributed by atoms with Gasteiger partial charge in [-0.3, -0.25) is 4.98 Å². The Balaban J connectivity index is 2.37. The summed E-state index contributed by atoms with van der Waals surface area (Å²) < 4.78 is 5.25. The summed E-state index contributed by atoms with van der Waals surface area (Å²) in [6.07, 6.45) is 5.06. The molecule has 1 heterocycles. The first kappa shape index (κ1) is 11.9. The molecule has 0 aliphatic rings. The van der Waals surface area contributed by atoms with Gasteiger partial charge in [0.15, 0.2) is 0 Å². The molecule has 0 aromatic carbocycles. The monoisotopic (exact) mass is 209 g/mol. The lowest BCUT2D eigenvalue weighted by Gasteiger charge is -2.12. The fourth-order valence-electron chi connectivity index (χ4n) is 1.37. The van der Waals surface area contributed by atoms with E-state index < -0.39 is 0 Å². The molecule has 0 fully saturated rings. The summed E-state index contributed by atoms with van der Waals surface area (Å²) in [5, 5.41) is 0. The molecule has 0 radical (unpaired) electrons. The zero-order chi connectivity index (χ0) is 11.1. The third-order valence-electron chi connectivity index (χ3n) is 2.26. The molecular weight excluding hydrogens is 190 g/mol. The largest absolute Gasteiger partial charge is 0.398 e. The van der Waals surface area contributed by atoms with Crippen molar-refractivity contribution in [2.24, 2.45) is 5.73 Å². The number of anilines is 1. The molecule has 84 valence electrons. The quantitative estimate of drug-likeness (QED) is 0.684. The highest BCUT2D eigenvalue weighted by Gasteiger charge is 2.06. The van der Waals surface area contributed by atoms with Crippen LogP contribution in [-0.2, 0) is 11.2 Å². The van der Waals surface area contributed by atoms with Crippen molar-refractivity contribution in [3.8, 4) is 0 Å². The van der Waals surface area contributed by atoms with Crippen molar-refractivity contribution in [1.29, 1.82) is 0 Å². The van der Waals surface area contributed by atoms with Gasteiger partial charge in [-0.1, -0.05) is 0 Å². The van der Waals surface area contributed by atoms with E-state index in [-0.39, 0.29) is 6.04 Å². The molecule has 0 saturated heterocycles. The molecule has 0 bridgehead atoms. The van der Waals surface area contributed by atoms with Crippen LogP contribution in [0.1, 0.15) is 18.9 Å². The molecule has 4 nitrogen and oxygen atoms in total. The van der Waals surface area contributed by atoms with Crippen molar-refractivity contribution >= 4 is 5.69 Å². The van der Waals surface area contributed by atoms with E-state index in [1.165, 1.54) is 0 Å². The molecule has 0 aliphatic heterocycles. The number of nitrogen functional groups attached to an aromatic ring is 1. The van der Waals surface area contributed by atoms with Gasteiger partial charge in [-0.2, -0.15) is 0 Å². The van der Waals surface area contributed by atoms with Gasteiger partial charge in [-0.15, -0.1) is 0 Å². The second-order valence-electron chi connectivity index (χ2n) is 3.52. The Labute approximate surface area is 90.6 Å². The van der Waals surface area contributed by atoms with E-state index in [9.17, 15) is 0 Å². The number of nitrogens with zero attached hydrogens (tertiary/aromatic N) is 1. The average molecular weight is 209 g/mol. The van der Waals surface area contributed by atoms with Gasteiger partial charge in [0.2, 0.25) is 0 Å².